The molecule has 0 aliphatic carbocycles. The standard InChI is InChI=1S/C29H34ClN3O2/c1-20(2)17-28(34)31-24-15-16-27(32(4)5)23(18-24)19-33(21(3)22-11-7-6-8-12-22)29(35)25-13-9-10-14-26(25)30/h6-16,18,20-21H,17,19H2,1-5H3,(H,31,34)/t21-/m1/s1. The first-order chi connectivity index (χ1) is 16.7. The van der Waals surface area contributed by atoms with Crippen molar-refractivity contribution in [1.29, 1.82) is 0 Å². The molecule has 0 unspecified atom stereocenters. The van der Waals surface area contributed by atoms with Crippen LogP contribution in [0.5, 0.6) is 0 Å². The Hall–Kier alpha value is -3.31. The monoisotopic (exact) mass is 491 g/mol. The summed E-state index contributed by atoms with van der Waals surface area (Å²) in [4.78, 5) is 30.1. The number of carbonyl (C=O) groups excluding carboxylic acids is 2. The predicted octanol–water partition coefficient (Wildman–Crippen LogP) is 6.79. The highest BCUT2D eigenvalue weighted by atomic mass is 35.5. The van der Waals surface area contributed by atoms with Crippen LogP contribution in [0.4, 0.5) is 11.4 Å². The average Bonchev–Trinajstić information content (AvgIpc) is 2.82. The Morgan fingerprint density at radius 2 is 1.57 bits per heavy atom. The van der Waals surface area contributed by atoms with Crippen LogP contribution in [-0.4, -0.2) is 30.8 Å². The van der Waals surface area contributed by atoms with Gasteiger partial charge in [0.05, 0.1) is 16.6 Å². The number of anilines is 2. The second-order valence-electron chi connectivity index (χ2n) is 9.38. The van der Waals surface area contributed by atoms with Crippen LogP contribution in [0.25, 0.3) is 0 Å². The van der Waals surface area contributed by atoms with Crippen molar-refractivity contribution < 1.29 is 9.59 Å². The quantitative estimate of drug-likeness (QED) is 0.358. The molecule has 0 radical (unpaired) electrons. The van der Waals surface area contributed by atoms with E-state index in [-0.39, 0.29) is 23.8 Å². The van der Waals surface area contributed by atoms with Crippen LogP contribution in [0.15, 0.2) is 72.8 Å². The fourth-order valence-electron chi connectivity index (χ4n) is 4.08. The molecule has 0 aliphatic rings. The molecule has 2 amide bonds. The van der Waals surface area contributed by atoms with Crippen molar-refractivity contribution >= 4 is 34.8 Å². The van der Waals surface area contributed by atoms with Crippen LogP contribution in [0.2, 0.25) is 5.02 Å². The summed E-state index contributed by atoms with van der Waals surface area (Å²) < 4.78 is 0. The first kappa shape index (κ1) is 26.3. The molecule has 35 heavy (non-hydrogen) atoms. The Labute approximate surface area is 213 Å². The molecule has 0 aliphatic heterocycles. The molecule has 184 valence electrons. The number of nitrogens with zero attached hydrogens (tertiary/aromatic N) is 2. The highest BCUT2D eigenvalue weighted by molar-refractivity contribution is 6.33. The number of hydrogen-bond donors (Lipinski definition) is 1. The van der Waals surface area contributed by atoms with Crippen molar-refractivity contribution in [3.05, 3.63) is 94.5 Å². The van der Waals surface area contributed by atoms with Crippen LogP contribution in [-0.2, 0) is 11.3 Å². The number of nitrogens with one attached hydrogen (secondary N) is 1. The SMILES string of the molecule is CC(C)CC(=O)Nc1ccc(N(C)C)c(CN(C(=O)c2ccccc2Cl)[C@H](C)c2ccccc2)c1. The van der Waals surface area contributed by atoms with Crippen molar-refractivity contribution in [3.8, 4) is 0 Å². The van der Waals surface area contributed by atoms with E-state index in [9.17, 15) is 9.59 Å². The molecule has 6 heteroatoms. The lowest BCUT2D eigenvalue weighted by molar-refractivity contribution is -0.116. The maximum absolute atomic E-state index is 13.8. The van der Waals surface area contributed by atoms with Crippen LogP contribution in [0, 0.1) is 5.92 Å². The minimum absolute atomic E-state index is 0.0230. The van der Waals surface area contributed by atoms with Crippen molar-refractivity contribution in [2.45, 2.75) is 39.8 Å². The molecule has 3 aromatic rings. The smallest absolute Gasteiger partial charge is 0.256 e. The van der Waals surface area contributed by atoms with Crippen LogP contribution in [0.3, 0.4) is 0 Å². The van der Waals surface area contributed by atoms with Gasteiger partial charge in [-0.1, -0.05) is 67.9 Å². The fourth-order valence-corrected chi connectivity index (χ4v) is 4.29. The molecule has 0 heterocycles. The largest absolute Gasteiger partial charge is 0.377 e. The van der Waals surface area contributed by atoms with Crippen LogP contribution in [0.1, 0.15) is 54.7 Å². The average molecular weight is 492 g/mol. The van der Waals surface area contributed by atoms with Gasteiger partial charge in [0.25, 0.3) is 5.91 Å². The maximum atomic E-state index is 13.8. The van der Waals surface area contributed by atoms with E-state index in [1.165, 1.54) is 0 Å². The second-order valence-corrected chi connectivity index (χ2v) is 9.79. The molecule has 0 saturated heterocycles. The van der Waals surface area contributed by atoms with Gasteiger partial charge in [-0.25, -0.2) is 0 Å². The molecule has 0 fully saturated rings. The number of halogens is 1. The second kappa shape index (κ2) is 11.9. The summed E-state index contributed by atoms with van der Waals surface area (Å²) >= 11 is 6.42. The van der Waals surface area contributed by atoms with Crippen molar-refractivity contribution in [2.75, 3.05) is 24.3 Å². The van der Waals surface area contributed by atoms with Crippen molar-refractivity contribution in [3.63, 3.8) is 0 Å². The number of hydrogen-bond acceptors (Lipinski definition) is 3. The Bertz CT molecular complexity index is 1160. The summed E-state index contributed by atoms with van der Waals surface area (Å²) in [5.41, 5.74) is 4.11. The molecule has 3 rings (SSSR count). The lowest BCUT2D eigenvalue weighted by atomic mass is 10.0. The maximum Gasteiger partial charge on any atom is 0.256 e. The van der Waals surface area contributed by atoms with E-state index in [0.717, 1.165) is 16.8 Å². The third-order valence-electron chi connectivity index (χ3n) is 5.89. The van der Waals surface area contributed by atoms with Gasteiger partial charge in [0.2, 0.25) is 5.91 Å². The van der Waals surface area contributed by atoms with Crippen LogP contribution < -0.4 is 10.2 Å². The Balaban J connectivity index is 2.02. The number of carbonyl (C=O) groups is 2. The van der Waals surface area contributed by atoms with Gasteiger partial charge in [-0.3, -0.25) is 9.59 Å². The molecular weight excluding hydrogens is 458 g/mol. The van der Waals surface area contributed by atoms with Gasteiger partial charge in [0, 0.05) is 38.4 Å². The minimum atomic E-state index is -0.200. The van der Waals surface area contributed by atoms with E-state index in [0.29, 0.717) is 29.2 Å². The summed E-state index contributed by atoms with van der Waals surface area (Å²) in [5.74, 6) is 0.0992. The molecular formula is C29H34ClN3O2. The molecule has 1 N–H and O–H groups in total. The Morgan fingerprint density at radius 1 is 0.914 bits per heavy atom. The van der Waals surface area contributed by atoms with Crippen LogP contribution >= 0.6 is 11.6 Å². The third-order valence-corrected chi connectivity index (χ3v) is 6.22. The lowest BCUT2D eigenvalue weighted by Crippen LogP contribution is -2.34. The highest BCUT2D eigenvalue weighted by Crippen LogP contribution is 2.31. The van der Waals surface area contributed by atoms with Gasteiger partial charge in [-0.2, -0.15) is 0 Å². The van der Waals surface area contributed by atoms with E-state index in [1.54, 1.807) is 12.1 Å². The number of benzene rings is 3. The first-order valence-corrected chi connectivity index (χ1v) is 12.3. The van der Waals surface area contributed by atoms with Gasteiger partial charge in [0.1, 0.15) is 0 Å². The Kier molecular flexibility index (Phi) is 8.94. The molecule has 3 aromatic carbocycles. The van der Waals surface area contributed by atoms with E-state index >= 15 is 0 Å². The third kappa shape index (κ3) is 6.86. The Morgan fingerprint density at radius 3 is 2.20 bits per heavy atom. The summed E-state index contributed by atoms with van der Waals surface area (Å²) in [6.45, 7) is 6.40. The minimum Gasteiger partial charge on any atom is -0.377 e. The van der Waals surface area contributed by atoms with Gasteiger partial charge < -0.3 is 15.1 Å². The fraction of sp³-hybridized carbons (Fsp3) is 0.310. The van der Waals surface area contributed by atoms with E-state index in [4.69, 9.17) is 11.6 Å². The zero-order valence-corrected chi connectivity index (χ0v) is 21.8. The molecule has 0 aromatic heterocycles. The molecule has 5 nitrogen and oxygen atoms in total. The zero-order chi connectivity index (χ0) is 25.5. The van der Waals surface area contributed by atoms with Gasteiger partial charge in [-0.15, -0.1) is 0 Å². The summed E-state index contributed by atoms with van der Waals surface area (Å²) in [6, 6.07) is 22.7. The summed E-state index contributed by atoms with van der Waals surface area (Å²) in [6.07, 6.45) is 0.451. The summed E-state index contributed by atoms with van der Waals surface area (Å²) in [7, 11) is 3.94. The van der Waals surface area contributed by atoms with Crippen molar-refractivity contribution in [1.82, 2.24) is 4.90 Å². The molecule has 1 atom stereocenters. The highest BCUT2D eigenvalue weighted by Gasteiger charge is 2.26. The molecule has 0 bridgehead atoms. The summed E-state index contributed by atoms with van der Waals surface area (Å²) in [5, 5.41) is 3.42. The van der Waals surface area contributed by atoms with E-state index in [2.05, 4.69) is 5.32 Å². The number of amides is 2. The molecule has 0 spiro atoms. The van der Waals surface area contributed by atoms with Crippen molar-refractivity contribution in [2.24, 2.45) is 5.92 Å². The van der Waals surface area contributed by atoms with Gasteiger partial charge in [-0.05, 0) is 54.3 Å². The topological polar surface area (TPSA) is 52.7 Å². The van der Waals surface area contributed by atoms with E-state index < -0.39 is 0 Å². The number of rotatable bonds is 9. The normalized spacial score (nSPS) is 11.7. The molecule has 0 saturated carbocycles. The first-order valence-electron chi connectivity index (χ1n) is 11.9. The van der Waals surface area contributed by atoms with Gasteiger partial charge in [0.15, 0.2) is 0 Å². The van der Waals surface area contributed by atoms with Gasteiger partial charge >= 0.3 is 0 Å². The van der Waals surface area contributed by atoms with E-state index in [1.807, 2.05) is 105 Å². The zero-order valence-electron chi connectivity index (χ0n) is 21.1. The predicted molar refractivity (Wildman–Crippen MR) is 145 cm³/mol. The lowest BCUT2D eigenvalue weighted by Gasteiger charge is -2.32.